The molecule has 0 aliphatic rings. The van der Waals surface area contributed by atoms with Gasteiger partial charge in [0, 0.05) is 54.8 Å². The number of fused-ring (bicyclic) bond motifs is 11. The molecule has 14 rings (SSSR count). The fraction of sp³-hybridized carbons (Fsp3) is 0. The van der Waals surface area contributed by atoms with E-state index >= 15 is 0 Å². The quantitative estimate of drug-likeness (QED) is 0.173. The van der Waals surface area contributed by atoms with Gasteiger partial charge in [-0.05, 0) is 94.3 Å². The molecule has 0 aliphatic heterocycles. The molecule has 0 saturated heterocycles. The van der Waals surface area contributed by atoms with E-state index in [1.54, 1.807) is 0 Å². The molecule has 4 aromatic heterocycles. The van der Waals surface area contributed by atoms with Crippen LogP contribution < -0.4 is 0 Å². The number of nitrogens with zero attached hydrogens (tertiary/aromatic N) is 5. The highest BCUT2D eigenvalue weighted by Crippen LogP contribution is 2.42. The van der Waals surface area contributed by atoms with Crippen molar-refractivity contribution in [2.24, 2.45) is 0 Å². The smallest absolute Gasteiger partial charge is 0.167 e. The van der Waals surface area contributed by atoms with Gasteiger partial charge < -0.3 is 13.6 Å². The summed E-state index contributed by atoms with van der Waals surface area (Å²) < 4.78 is 11.6. The topological polar surface area (TPSA) is 61.7 Å². The SMILES string of the molecule is c1ccc(-n2c3ccccc3c3cc(-c4nc(-c5cccc6ccccc56)nc(-c5cc(-n6c7ccccc7c7cc8ccccc8cc76)cc6c5oc5ccccc56)n4)ccc32)cc1. The first-order valence-electron chi connectivity index (χ1n) is 21.9. The number of aromatic nitrogens is 5. The van der Waals surface area contributed by atoms with Crippen molar-refractivity contribution in [3.8, 4) is 45.5 Å². The molecule has 0 aliphatic carbocycles. The van der Waals surface area contributed by atoms with Gasteiger partial charge in [-0.25, -0.2) is 15.0 Å². The van der Waals surface area contributed by atoms with Crippen molar-refractivity contribution in [1.29, 1.82) is 0 Å². The molecule has 0 saturated carbocycles. The summed E-state index contributed by atoms with van der Waals surface area (Å²) in [6.45, 7) is 0. The van der Waals surface area contributed by atoms with E-state index < -0.39 is 0 Å². The number of rotatable bonds is 5. The van der Waals surface area contributed by atoms with Gasteiger partial charge in [0.1, 0.15) is 11.2 Å². The van der Waals surface area contributed by atoms with Gasteiger partial charge in [0.05, 0.1) is 27.6 Å². The molecule has 6 heteroatoms. The third-order valence-electron chi connectivity index (χ3n) is 13.1. The molecule has 0 bridgehead atoms. The Morgan fingerprint density at radius 1 is 0.308 bits per heavy atom. The maximum atomic E-state index is 6.84. The zero-order chi connectivity index (χ0) is 42.6. The average molecular weight is 830 g/mol. The molecule has 65 heavy (non-hydrogen) atoms. The summed E-state index contributed by atoms with van der Waals surface area (Å²) in [4.78, 5) is 16.2. The molecule has 0 radical (unpaired) electrons. The van der Waals surface area contributed by atoms with Gasteiger partial charge in [0.25, 0.3) is 0 Å². The van der Waals surface area contributed by atoms with Crippen LogP contribution in [0, 0.1) is 0 Å². The van der Waals surface area contributed by atoms with Crippen LogP contribution in [-0.4, -0.2) is 24.1 Å². The highest BCUT2D eigenvalue weighted by molar-refractivity contribution is 6.15. The van der Waals surface area contributed by atoms with E-state index in [0.29, 0.717) is 17.5 Å². The van der Waals surface area contributed by atoms with Gasteiger partial charge in [-0.2, -0.15) is 0 Å². The van der Waals surface area contributed by atoms with E-state index in [1.807, 2.05) is 12.1 Å². The van der Waals surface area contributed by atoms with Crippen LogP contribution in [0.4, 0.5) is 0 Å². The van der Waals surface area contributed by atoms with Crippen molar-refractivity contribution < 1.29 is 4.42 Å². The molecule has 0 N–H and O–H groups in total. The van der Waals surface area contributed by atoms with Crippen LogP contribution in [0.1, 0.15) is 0 Å². The van der Waals surface area contributed by atoms with Crippen molar-refractivity contribution >= 4 is 87.1 Å². The minimum Gasteiger partial charge on any atom is -0.455 e. The summed E-state index contributed by atoms with van der Waals surface area (Å²) in [5.74, 6) is 1.70. The zero-order valence-corrected chi connectivity index (χ0v) is 34.9. The van der Waals surface area contributed by atoms with Crippen molar-refractivity contribution in [2.45, 2.75) is 0 Å². The lowest BCUT2D eigenvalue weighted by atomic mass is 10.0. The van der Waals surface area contributed by atoms with Crippen molar-refractivity contribution in [3.05, 3.63) is 212 Å². The lowest BCUT2D eigenvalue weighted by Crippen LogP contribution is -2.02. The predicted octanol–water partition coefficient (Wildman–Crippen LogP) is 15.3. The second-order valence-corrected chi connectivity index (χ2v) is 16.8. The molecule has 4 heterocycles. The standard InChI is InChI=1S/C59H35N5O/c1-2-19-40(20-3-1)63-51-26-11-8-22-43(51)47-32-39(29-30-53(47)63)57-60-58(46-25-14-18-36-15-6-7-21-42(36)46)62-59(61-57)50-35-41(34-49-45-24-10-13-28-55(45)65-56(49)50)64-52-27-12-9-23-44(52)48-31-37-16-4-5-17-38(37)33-54(48)64/h1-35H. The average Bonchev–Trinajstić information content (AvgIpc) is 4.02. The van der Waals surface area contributed by atoms with E-state index in [0.717, 1.165) is 93.6 Å². The van der Waals surface area contributed by atoms with Crippen LogP contribution in [0.5, 0.6) is 0 Å². The first-order chi connectivity index (χ1) is 32.2. The Labute approximate surface area is 371 Å². The number of para-hydroxylation sites is 4. The van der Waals surface area contributed by atoms with E-state index in [9.17, 15) is 0 Å². The van der Waals surface area contributed by atoms with Gasteiger partial charge >= 0.3 is 0 Å². The van der Waals surface area contributed by atoms with Crippen molar-refractivity contribution in [1.82, 2.24) is 24.1 Å². The molecule has 0 spiro atoms. The molecule has 302 valence electrons. The second-order valence-electron chi connectivity index (χ2n) is 16.8. The normalized spacial score (nSPS) is 12.0. The van der Waals surface area contributed by atoms with Gasteiger partial charge in [0.2, 0.25) is 0 Å². The Kier molecular flexibility index (Phi) is 7.59. The molecular formula is C59H35N5O. The van der Waals surface area contributed by atoms with Crippen molar-refractivity contribution in [2.75, 3.05) is 0 Å². The monoisotopic (exact) mass is 829 g/mol. The fourth-order valence-electron chi connectivity index (χ4n) is 10.2. The van der Waals surface area contributed by atoms with Crippen LogP contribution in [0.25, 0.3) is 133 Å². The Balaban J connectivity index is 1.07. The first kappa shape index (κ1) is 35.7. The summed E-state index contributed by atoms with van der Waals surface area (Å²) in [7, 11) is 0. The Hall–Kier alpha value is -8.87. The molecule has 6 nitrogen and oxygen atoms in total. The second kappa shape index (κ2) is 13.8. The third kappa shape index (κ3) is 5.44. The molecular weight excluding hydrogens is 795 g/mol. The summed E-state index contributed by atoms with van der Waals surface area (Å²) in [6, 6.07) is 75.1. The lowest BCUT2D eigenvalue weighted by Gasteiger charge is -2.13. The number of hydrogen-bond acceptors (Lipinski definition) is 4. The predicted molar refractivity (Wildman–Crippen MR) is 267 cm³/mol. The van der Waals surface area contributed by atoms with Gasteiger partial charge in [-0.3, -0.25) is 0 Å². The first-order valence-corrected chi connectivity index (χ1v) is 21.9. The largest absolute Gasteiger partial charge is 0.455 e. The molecule has 14 aromatic rings. The van der Waals surface area contributed by atoms with E-state index in [4.69, 9.17) is 19.4 Å². The fourth-order valence-corrected chi connectivity index (χ4v) is 10.2. The molecule has 0 atom stereocenters. The lowest BCUT2D eigenvalue weighted by molar-refractivity contribution is 0.669. The minimum atomic E-state index is 0.530. The summed E-state index contributed by atoms with van der Waals surface area (Å²) in [5.41, 5.74) is 10.7. The maximum absolute atomic E-state index is 6.84. The Morgan fingerprint density at radius 2 is 0.877 bits per heavy atom. The molecule has 0 unspecified atom stereocenters. The van der Waals surface area contributed by atoms with Crippen LogP contribution in [0.15, 0.2) is 217 Å². The Bertz CT molecular complexity index is 4250. The number of benzene rings is 10. The summed E-state index contributed by atoms with van der Waals surface area (Å²) in [6.07, 6.45) is 0. The summed E-state index contributed by atoms with van der Waals surface area (Å²) in [5, 5.41) is 11.3. The third-order valence-corrected chi connectivity index (χ3v) is 13.1. The van der Waals surface area contributed by atoms with Crippen LogP contribution in [-0.2, 0) is 0 Å². The van der Waals surface area contributed by atoms with Crippen LogP contribution in [0.2, 0.25) is 0 Å². The minimum absolute atomic E-state index is 0.530. The van der Waals surface area contributed by atoms with E-state index in [1.165, 1.54) is 21.5 Å². The van der Waals surface area contributed by atoms with Gasteiger partial charge in [0.15, 0.2) is 17.5 Å². The number of furan rings is 1. The van der Waals surface area contributed by atoms with Crippen LogP contribution in [0.3, 0.4) is 0 Å². The van der Waals surface area contributed by atoms with Crippen LogP contribution >= 0.6 is 0 Å². The number of hydrogen-bond donors (Lipinski definition) is 0. The molecule has 10 aromatic carbocycles. The maximum Gasteiger partial charge on any atom is 0.167 e. The van der Waals surface area contributed by atoms with Gasteiger partial charge in [-0.1, -0.05) is 140 Å². The Morgan fingerprint density at radius 3 is 1.66 bits per heavy atom. The zero-order valence-electron chi connectivity index (χ0n) is 34.9. The van der Waals surface area contributed by atoms with Gasteiger partial charge in [-0.15, -0.1) is 0 Å². The van der Waals surface area contributed by atoms with E-state index in [-0.39, 0.29) is 0 Å². The highest BCUT2D eigenvalue weighted by Gasteiger charge is 2.23. The van der Waals surface area contributed by atoms with E-state index in [2.05, 4.69) is 209 Å². The molecule has 0 amide bonds. The summed E-state index contributed by atoms with van der Waals surface area (Å²) >= 11 is 0. The highest BCUT2D eigenvalue weighted by atomic mass is 16.3. The molecule has 0 fully saturated rings. The van der Waals surface area contributed by atoms with Crippen molar-refractivity contribution in [3.63, 3.8) is 0 Å².